The number of sulfonamides is 1. The Morgan fingerprint density at radius 2 is 1.86 bits per heavy atom. The van der Waals surface area contributed by atoms with Crippen molar-refractivity contribution in [2.24, 2.45) is 5.41 Å². The van der Waals surface area contributed by atoms with Crippen molar-refractivity contribution in [3.05, 3.63) is 23.2 Å². The predicted molar refractivity (Wildman–Crippen MR) is 86.9 cm³/mol. The lowest BCUT2D eigenvalue weighted by molar-refractivity contribution is 0.174. The second-order valence-electron chi connectivity index (χ2n) is 6.60. The fourth-order valence-electron chi connectivity index (χ4n) is 2.83. The van der Waals surface area contributed by atoms with Crippen LogP contribution in [0.3, 0.4) is 0 Å². The third-order valence-corrected chi connectivity index (χ3v) is 6.66. The van der Waals surface area contributed by atoms with Gasteiger partial charge < -0.3 is 5.73 Å². The average molecular weight is 331 g/mol. The minimum absolute atomic E-state index is 0.0291. The summed E-state index contributed by atoms with van der Waals surface area (Å²) < 4.78 is 27.0. The molecule has 21 heavy (non-hydrogen) atoms. The standard InChI is InChI=1S/C15H23ClN2O2S/c1-15(2)8-6-12(7-9-15)18(3)21(19,20)14-10-11(16)4-5-13(14)17/h4-5,10,12H,6-9,17H2,1-3H3. The lowest BCUT2D eigenvalue weighted by Gasteiger charge is -2.38. The van der Waals surface area contributed by atoms with Crippen LogP contribution in [0.1, 0.15) is 39.5 Å². The zero-order valence-corrected chi connectivity index (χ0v) is 14.3. The van der Waals surface area contributed by atoms with E-state index in [4.69, 9.17) is 17.3 Å². The van der Waals surface area contributed by atoms with Crippen LogP contribution in [0.15, 0.2) is 23.1 Å². The molecule has 0 aromatic heterocycles. The van der Waals surface area contributed by atoms with Gasteiger partial charge in [-0.25, -0.2) is 8.42 Å². The fourth-order valence-corrected chi connectivity index (χ4v) is 4.62. The van der Waals surface area contributed by atoms with Gasteiger partial charge in [-0.1, -0.05) is 25.4 Å². The van der Waals surface area contributed by atoms with Gasteiger partial charge >= 0.3 is 0 Å². The van der Waals surface area contributed by atoms with E-state index in [-0.39, 0.29) is 16.6 Å². The number of hydrogen-bond donors (Lipinski definition) is 1. The predicted octanol–water partition coefficient (Wildman–Crippen LogP) is 3.51. The Bertz CT molecular complexity index is 619. The van der Waals surface area contributed by atoms with Crippen LogP contribution in [0, 0.1) is 5.41 Å². The Labute approximate surface area is 132 Å². The molecule has 4 nitrogen and oxygen atoms in total. The fraction of sp³-hybridized carbons (Fsp3) is 0.600. The average Bonchev–Trinajstić information content (AvgIpc) is 2.40. The molecule has 1 fully saturated rings. The van der Waals surface area contributed by atoms with E-state index >= 15 is 0 Å². The highest BCUT2D eigenvalue weighted by atomic mass is 35.5. The second kappa shape index (κ2) is 5.78. The molecular formula is C15H23ClN2O2S. The van der Waals surface area contributed by atoms with E-state index in [2.05, 4.69) is 13.8 Å². The van der Waals surface area contributed by atoms with E-state index in [1.54, 1.807) is 13.1 Å². The van der Waals surface area contributed by atoms with Gasteiger partial charge in [-0.15, -0.1) is 0 Å². The Morgan fingerprint density at radius 1 is 1.29 bits per heavy atom. The Balaban J connectivity index is 2.25. The van der Waals surface area contributed by atoms with Gasteiger partial charge in [0.15, 0.2) is 0 Å². The molecule has 0 amide bonds. The zero-order chi connectivity index (χ0) is 15.8. The van der Waals surface area contributed by atoms with E-state index in [1.165, 1.54) is 16.4 Å². The van der Waals surface area contributed by atoms with Crippen molar-refractivity contribution < 1.29 is 8.42 Å². The maximum Gasteiger partial charge on any atom is 0.245 e. The summed E-state index contributed by atoms with van der Waals surface area (Å²) in [5, 5.41) is 0.376. The zero-order valence-electron chi connectivity index (χ0n) is 12.8. The molecule has 2 N–H and O–H groups in total. The first-order chi connectivity index (χ1) is 9.63. The maximum absolute atomic E-state index is 12.8. The minimum Gasteiger partial charge on any atom is -0.398 e. The van der Waals surface area contributed by atoms with Crippen molar-refractivity contribution in [1.29, 1.82) is 0 Å². The lowest BCUT2D eigenvalue weighted by Crippen LogP contribution is -2.41. The molecule has 6 heteroatoms. The maximum atomic E-state index is 12.8. The smallest absolute Gasteiger partial charge is 0.245 e. The van der Waals surface area contributed by atoms with E-state index in [9.17, 15) is 8.42 Å². The van der Waals surface area contributed by atoms with Gasteiger partial charge in [0.25, 0.3) is 0 Å². The first kappa shape index (κ1) is 16.6. The van der Waals surface area contributed by atoms with Crippen LogP contribution in [0.25, 0.3) is 0 Å². The third kappa shape index (κ3) is 3.52. The number of nitrogens with two attached hydrogens (primary N) is 1. The van der Waals surface area contributed by atoms with Crippen molar-refractivity contribution >= 4 is 27.3 Å². The Kier molecular flexibility index (Phi) is 4.57. The van der Waals surface area contributed by atoms with Crippen LogP contribution in [0.5, 0.6) is 0 Å². The molecular weight excluding hydrogens is 308 g/mol. The van der Waals surface area contributed by atoms with E-state index in [1.807, 2.05) is 0 Å². The van der Waals surface area contributed by atoms with Crippen LogP contribution < -0.4 is 5.73 Å². The third-order valence-electron chi connectivity index (χ3n) is 4.46. The summed E-state index contributed by atoms with van der Waals surface area (Å²) >= 11 is 5.91. The molecule has 0 bridgehead atoms. The molecule has 2 rings (SSSR count). The van der Waals surface area contributed by atoms with Crippen LogP contribution in [0.4, 0.5) is 5.69 Å². The van der Waals surface area contributed by atoms with Crippen molar-refractivity contribution in [1.82, 2.24) is 4.31 Å². The number of anilines is 1. The summed E-state index contributed by atoms with van der Waals surface area (Å²) in [4.78, 5) is 0.0994. The Hall–Kier alpha value is -0.780. The van der Waals surface area contributed by atoms with Gasteiger partial charge in [-0.3, -0.25) is 0 Å². The topological polar surface area (TPSA) is 63.4 Å². The van der Waals surface area contributed by atoms with Crippen LogP contribution >= 0.6 is 11.6 Å². The summed E-state index contributed by atoms with van der Waals surface area (Å²) in [6.45, 7) is 4.46. The van der Waals surface area contributed by atoms with Gasteiger partial charge in [0.1, 0.15) is 4.90 Å². The summed E-state index contributed by atoms with van der Waals surface area (Å²) in [6.07, 6.45) is 3.82. The molecule has 0 aliphatic heterocycles. The molecule has 0 radical (unpaired) electrons. The Morgan fingerprint density at radius 3 is 2.43 bits per heavy atom. The number of nitrogen functional groups attached to an aromatic ring is 1. The molecule has 118 valence electrons. The van der Waals surface area contributed by atoms with Crippen molar-refractivity contribution in [2.75, 3.05) is 12.8 Å². The number of nitrogens with zero attached hydrogens (tertiary/aromatic N) is 1. The highest BCUT2D eigenvalue weighted by molar-refractivity contribution is 7.89. The van der Waals surface area contributed by atoms with Gasteiger partial charge in [-0.2, -0.15) is 4.31 Å². The SMILES string of the molecule is CN(C1CCC(C)(C)CC1)S(=O)(=O)c1cc(Cl)ccc1N. The molecule has 0 saturated heterocycles. The van der Waals surface area contributed by atoms with Crippen molar-refractivity contribution in [2.45, 2.75) is 50.5 Å². The number of hydrogen-bond acceptors (Lipinski definition) is 3. The highest BCUT2D eigenvalue weighted by Gasteiger charge is 2.34. The summed E-state index contributed by atoms with van der Waals surface area (Å²) in [7, 11) is -1.97. The highest BCUT2D eigenvalue weighted by Crippen LogP contribution is 2.38. The van der Waals surface area contributed by atoms with Gasteiger partial charge in [0, 0.05) is 18.1 Å². The molecule has 0 unspecified atom stereocenters. The largest absolute Gasteiger partial charge is 0.398 e. The number of rotatable bonds is 3. The summed E-state index contributed by atoms with van der Waals surface area (Å²) in [6, 6.07) is 4.59. The van der Waals surface area contributed by atoms with Crippen LogP contribution in [-0.4, -0.2) is 25.8 Å². The van der Waals surface area contributed by atoms with Gasteiger partial charge in [-0.05, 0) is 49.3 Å². The molecule has 1 aromatic carbocycles. The van der Waals surface area contributed by atoms with Crippen molar-refractivity contribution in [3.8, 4) is 0 Å². The monoisotopic (exact) mass is 330 g/mol. The summed E-state index contributed by atoms with van der Waals surface area (Å²) in [5.74, 6) is 0. The van der Waals surface area contributed by atoms with Crippen LogP contribution in [-0.2, 0) is 10.0 Å². The van der Waals surface area contributed by atoms with Crippen LogP contribution in [0.2, 0.25) is 5.02 Å². The van der Waals surface area contributed by atoms with E-state index in [0.717, 1.165) is 25.7 Å². The normalized spacial score (nSPS) is 19.9. The number of benzene rings is 1. The van der Waals surface area contributed by atoms with Gasteiger partial charge in [0.05, 0.1) is 5.69 Å². The van der Waals surface area contributed by atoms with E-state index < -0.39 is 10.0 Å². The quantitative estimate of drug-likeness (QED) is 0.862. The molecule has 0 spiro atoms. The second-order valence-corrected chi connectivity index (χ2v) is 9.00. The minimum atomic E-state index is -3.61. The molecule has 1 saturated carbocycles. The molecule has 1 aliphatic rings. The van der Waals surface area contributed by atoms with Crippen molar-refractivity contribution in [3.63, 3.8) is 0 Å². The van der Waals surface area contributed by atoms with E-state index in [0.29, 0.717) is 10.4 Å². The molecule has 0 heterocycles. The first-order valence-corrected chi connectivity index (χ1v) is 8.98. The summed E-state index contributed by atoms with van der Waals surface area (Å²) in [5.41, 5.74) is 6.36. The molecule has 1 aliphatic carbocycles. The molecule has 1 aromatic rings. The molecule has 0 atom stereocenters. The first-order valence-electron chi connectivity index (χ1n) is 7.16. The lowest BCUT2D eigenvalue weighted by atomic mass is 9.76. The number of halogens is 1. The van der Waals surface area contributed by atoms with Gasteiger partial charge in [0.2, 0.25) is 10.0 Å².